The molecule has 2 aromatic carbocycles. The fourth-order valence-electron chi connectivity index (χ4n) is 10.4. The number of benzene rings is 2. The van der Waals surface area contributed by atoms with E-state index in [1.807, 2.05) is 0 Å². The minimum atomic E-state index is 0. The number of allylic oxidation sites excluding steroid dienone is 2. The van der Waals surface area contributed by atoms with Crippen LogP contribution in [0.15, 0.2) is 47.5 Å². The molecule has 0 unspecified atom stereocenters. The first-order valence-electron chi connectivity index (χ1n) is 31.8. The Labute approximate surface area is 468 Å². The summed E-state index contributed by atoms with van der Waals surface area (Å²) in [7, 11) is 0. The Morgan fingerprint density at radius 2 is 0.507 bits per heavy atom. The number of rotatable bonds is 44. The van der Waals surface area contributed by atoms with Crippen molar-refractivity contribution in [3.05, 3.63) is 86.5 Å². The van der Waals surface area contributed by atoms with Crippen LogP contribution in [-0.4, -0.2) is 28.1 Å². The largest absolute Gasteiger partial charge is 0.493 e. The second-order valence-electron chi connectivity index (χ2n) is 21.9. The van der Waals surface area contributed by atoms with Gasteiger partial charge in [-0.15, -0.1) is 0 Å². The normalized spacial score (nSPS) is 12.3. The molecule has 0 aliphatic carbocycles. The van der Waals surface area contributed by atoms with Gasteiger partial charge in [-0.3, -0.25) is 0 Å². The van der Waals surface area contributed by atoms with Gasteiger partial charge in [0.05, 0.1) is 0 Å². The van der Waals surface area contributed by atoms with Gasteiger partial charge in [-0.1, -0.05) is 247 Å². The van der Waals surface area contributed by atoms with Crippen molar-refractivity contribution in [2.24, 2.45) is 0 Å². The van der Waals surface area contributed by atoms with Crippen molar-refractivity contribution >= 4 is 11.4 Å². The predicted octanol–water partition coefficient (Wildman–Crippen LogP) is 22.0. The quantitative estimate of drug-likeness (QED) is 0.0394. The molecule has 0 saturated carbocycles. The summed E-state index contributed by atoms with van der Waals surface area (Å²) < 4.78 is 1.73. The standard InChI is InChI=1S/C60H100N2.2C4H10O.Pd/c1-7-13-19-24-29-34-39-51-45-52(40-35-30-25-20-14-8-2)48-55(47-51)59-57(43-18-12-6)58(44-38-33-28-23-17-11-5)60(62(59)61)56-49-53(41-36-31-26-21-15-9-3)46-54(50-56)42-37-32-27-22-16-10-4;2*1-2-3-4-5;/h45-50H,7-44H2,1-6H3;2*5H,2-4H2,1H3;. The molecule has 0 amide bonds. The first-order valence-corrected chi connectivity index (χ1v) is 31.8. The number of aliphatic hydroxyl groups is 2. The van der Waals surface area contributed by atoms with E-state index in [0.717, 1.165) is 82.0 Å². The molecular formula is C68H120N2O2Pd. The van der Waals surface area contributed by atoms with Crippen LogP contribution in [0.5, 0.6) is 0 Å². The molecule has 0 fully saturated rings. The molecule has 0 aromatic heterocycles. The minimum absolute atomic E-state index is 0. The minimum Gasteiger partial charge on any atom is -0.493 e. The van der Waals surface area contributed by atoms with Gasteiger partial charge in [0.2, 0.25) is 11.4 Å². The third kappa shape index (κ3) is 33.8. The molecule has 424 valence electrons. The Balaban J connectivity index is 0.00000427. The summed E-state index contributed by atoms with van der Waals surface area (Å²) in [5.41, 5.74) is 26.4. The molecule has 5 heteroatoms. The van der Waals surface area contributed by atoms with Crippen LogP contribution in [0, 0.1) is 0 Å². The van der Waals surface area contributed by atoms with Gasteiger partial charge in [0.1, 0.15) is 0 Å². The second-order valence-corrected chi connectivity index (χ2v) is 21.9. The first kappa shape index (κ1) is 71.1. The van der Waals surface area contributed by atoms with Gasteiger partial charge in [0.25, 0.3) is 0 Å². The van der Waals surface area contributed by atoms with Gasteiger partial charge in [0.15, 0.2) is 0 Å². The fourth-order valence-corrected chi connectivity index (χ4v) is 10.4. The average molecular weight is 1100 g/mol. The van der Waals surface area contributed by atoms with E-state index in [0.29, 0.717) is 13.2 Å². The third-order valence-electron chi connectivity index (χ3n) is 14.9. The monoisotopic (exact) mass is 1100 g/mol. The van der Waals surface area contributed by atoms with Crippen LogP contribution in [0.25, 0.3) is 16.9 Å². The van der Waals surface area contributed by atoms with E-state index >= 15 is 0 Å². The number of nitrogens with zero attached hydrogens (tertiary/aromatic N) is 2. The van der Waals surface area contributed by atoms with E-state index < -0.39 is 0 Å². The summed E-state index contributed by atoms with van der Waals surface area (Å²) in [6, 6.07) is 15.1. The van der Waals surface area contributed by atoms with E-state index in [-0.39, 0.29) is 20.4 Å². The molecule has 0 bridgehead atoms. The molecule has 1 aliphatic rings. The maximum absolute atomic E-state index is 12.9. The van der Waals surface area contributed by atoms with Crippen LogP contribution in [0.1, 0.15) is 333 Å². The van der Waals surface area contributed by atoms with Crippen LogP contribution in [0.3, 0.4) is 0 Å². The van der Waals surface area contributed by atoms with Crippen molar-refractivity contribution in [1.29, 1.82) is 0 Å². The average Bonchev–Trinajstić information content (AvgIpc) is 3.66. The molecule has 2 aromatic rings. The topological polar surface area (TPSA) is 65.8 Å². The molecule has 1 aliphatic heterocycles. The molecule has 73 heavy (non-hydrogen) atoms. The van der Waals surface area contributed by atoms with E-state index in [2.05, 4.69) is 91.8 Å². The van der Waals surface area contributed by atoms with E-state index in [4.69, 9.17) is 10.2 Å². The van der Waals surface area contributed by atoms with Crippen LogP contribution in [-0.2, 0) is 46.1 Å². The van der Waals surface area contributed by atoms with E-state index in [9.17, 15) is 5.53 Å². The zero-order valence-corrected chi connectivity index (χ0v) is 51.2. The summed E-state index contributed by atoms with van der Waals surface area (Å²) >= 11 is 0. The van der Waals surface area contributed by atoms with Gasteiger partial charge in [-0.25, -0.2) is 4.70 Å². The fraction of sp³-hybridized carbons (Fsp3) is 0.765. The molecule has 0 radical (unpaired) electrons. The maximum Gasteiger partial charge on any atom is 0.211 e. The second kappa shape index (κ2) is 50.9. The molecule has 3 rings (SSSR count). The predicted molar refractivity (Wildman–Crippen MR) is 320 cm³/mol. The van der Waals surface area contributed by atoms with Crippen molar-refractivity contribution in [3.8, 4) is 0 Å². The molecule has 0 saturated heterocycles. The Morgan fingerprint density at radius 3 is 0.740 bits per heavy atom. The molecule has 4 nitrogen and oxygen atoms in total. The number of aliphatic hydroxyl groups excluding tert-OH is 2. The summed E-state index contributed by atoms with van der Waals surface area (Å²) in [6.45, 7) is 18.7. The van der Waals surface area contributed by atoms with E-state index in [1.54, 1.807) is 4.70 Å². The van der Waals surface area contributed by atoms with Crippen LogP contribution in [0.4, 0.5) is 0 Å². The van der Waals surface area contributed by atoms with Crippen LogP contribution in [0.2, 0.25) is 0 Å². The molecule has 0 spiro atoms. The molecule has 0 atom stereocenters. The SMILES string of the molecule is CCCCCCCCC1=C(c2cc(CCCCCCCC)cc(CCCCCCCC)c2)[N+](=[N-])C(c2cc(CCCCCCCC)cc(CCCCCCCC)c2)=C1CCCC.CCCCO.CCCCO.[Pd]. The van der Waals surface area contributed by atoms with Crippen molar-refractivity contribution in [2.45, 2.75) is 325 Å². The smallest absolute Gasteiger partial charge is 0.211 e. The summed E-state index contributed by atoms with van der Waals surface area (Å²) in [4.78, 5) is 0. The number of unbranched alkanes of at least 4 members (excludes halogenated alkanes) is 28. The zero-order chi connectivity index (χ0) is 52.7. The molecule has 2 N–H and O–H groups in total. The van der Waals surface area contributed by atoms with Crippen LogP contribution >= 0.6 is 0 Å². The Kier molecular flexibility index (Phi) is 49.6. The van der Waals surface area contributed by atoms with Crippen molar-refractivity contribution < 1.29 is 35.3 Å². The van der Waals surface area contributed by atoms with E-state index in [1.165, 1.54) is 244 Å². The number of aryl methyl sites for hydroxylation is 4. The van der Waals surface area contributed by atoms with Gasteiger partial charge in [-0.05, 0) is 136 Å². The van der Waals surface area contributed by atoms with Gasteiger partial charge in [0, 0.05) is 55.9 Å². The number of hydrogen-bond donors (Lipinski definition) is 2. The number of hydrogen-bond acceptors (Lipinski definition) is 2. The van der Waals surface area contributed by atoms with Gasteiger partial charge < -0.3 is 15.7 Å². The maximum atomic E-state index is 12.9. The Hall–Kier alpha value is -1.90. The van der Waals surface area contributed by atoms with Gasteiger partial charge in [-0.2, -0.15) is 0 Å². The summed E-state index contributed by atoms with van der Waals surface area (Å²) in [5, 5.41) is 16.1. The molecular weight excluding hydrogens is 983 g/mol. The Bertz CT molecular complexity index is 1580. The van der Waals surface area contributed by atoms with Crippen molar-refractivity contribution in [3.63, 3.8) is 0 Å². The van der Waals surface area contributed by atoms with Gasteiger partial charge >= 0.3 is 0 Å². The van der Waals surface area contributed by atoms with Crippen molar-refractivity contribution in [1.82, 2.24) is 0 Å². The Morgan fingerprint density at radius 1 is 0.288 bits per heavy atom. The van der Waals surface area contributed by atoms with Crippen LogP contribution < -0.4 is 0 Å². The van der Waals surface area contributed by atoms with Crippen molar-refractivity contribution in [2.75, 3.05) is 13.2 Å². The first-order chi connectivity index (χ1) is 35.3. The zero-order valence-electron chi connectivity index (χ0n) is 49.7. The molecule has 1 heterocycles. The summed E-state index contributed by atoms with van der Waals surface area (Å²) in [6.07, 6.45) is 52.6. The third-order valence-corrected chi connectivity index (χ3v) is 14.9. The summed E-state index contributed by atoms with van der Waals surface area (Å²) in [5.74, 6) is 0.